The highest BCUT2D eigenvalue weighted by Crippen LogP contribution is 2.04. The fourth-order valence-electron chi connectivity index (χ4n) is 1.13. The summed E-state index contributed by atoms with van der Waals surface area (Å²) in [6.07, 6.45) is 3.13. The number of hydrogen-bond donors (Lipinski definition) is 2. The van der Waals surface area contributed by atoms with Gasteiger partial charge in [-0.3, -0.25) is 9.00 Å². The molecule has 0 aliphatic heterocycles. The topological polar surface area (TPSA) is 71.1 Å². The minimum atomic E-state index is -0.929. The molecule has 0 bridgehead atoms. The van der Waals surface area contributed by atoms with Crippen LogP contribution in [0.1, 0.15) is 17.3 Å². The number of nitrogens with one attached hydrogen (secondary N) is 2. The van der Waals surface area contributed by atoms with E-state index in [9.17, 15) is 9.00 Å². The van der Waals surface area contributed by atoms with Crippen molar-refractivity contribution >= 4 is 22.5 Å². The summed E-state index contributed by atoms with van der Waals surface area (Å²) in [4.78, 5) is 15.7. The van der Waals surface area contributed by atoms with Crippen LogP contribution in [0.3, 0.4) is 0 Å². The molecule has 6 heteroatoms. The van der Waals surface area contributed by atoms with Gasteiger partial charge in [-0.1, -0.05) is 0 Å². The third-order valence-corrected chi connectivity index (χ3v) is 3.70. The Hall–Kier alpha value is -1.43. The van der Waals surface area contributed by atoms with Crippen molar-refractivity contribution in [2.45, 2.75) is 12.2 Å². The normalized spacial score (nSPS) is 13.8. The van der Waals surface area contributed by atoms with E-state index in [2.05, 4.69) is 15.6 Å². The molecule has 17 heavy (non-hydrogen) atoms. The van der Waals surface area contributed by atoms with Gasteiger partial charge >= 0.3 is 0 Å². The summed E-state index contributed by atoms with van der Waals surface area (Å²) in [5.41, 5.74) is 0.498. The summed E-state index contributed by atoms with van der Waals surface area (Å²) in [5, 5.41) is 5.55. The summed E-state index contributed by atoms with van der Waals surface area (Å²) in [7, 11) is 0.836. The number of carbonyl (C=O) groups excluding carboxylic acids is 1. The molecule has 1 aromatic rings. The number of anilines is 1. The first-order valence-electron chi connectivity index (χ1n) is 5.29. The number of pyridine rings is 1. The molecule has 1 rings (SSSR count). The summed E-state index contributed by atoms with van der Waals surface area (Å²) >= 11 is 0. The van der Waals surface area contributed by atoms with E-state index >= 15 is 0 Å². The van der Waals surface area contributed by atoms with Crippen LogP contribution < -0.4 is 10.6 Å². The van der Waals surface area contributed by atoms with Crippen LogP contribution in [0.2, 0.25) is 0 Å². The highest BCUT2D eigenvalue weighted by Gasteiger charge is 2.10. The average Bonchev–Trinajstić information content (AvgIpc) is 2.35. The molecule has 0 aliphatic rings. The van der Waals surface area contributed by atoms with E-state index in [1.54, 1.807) is 25.4 Å². The minimum absolute atomic E-state index is 0.0523. The molecule has 0 spiro atoms. The van der Waals surface area contributed by atoms with E-state index in [4.69, 9.17) is 0 Å². The molecular formula is C11H17N3O2S. The highest BCUT2D eigenvalue weighted by molar-refractivity contribution is 7.84. The van der Waals surface area contributed by atoms with E-state index in [1.165, 1.54) is 6.20 Å². The molecule has 0 radical (unpaired) electrons. The van der Waals surface area contributed by atoms with Crippen LogP contribution in [0.25, 0.3) is 0 Å². The standard InChI is InChI=1S/C11H17N3O2S/c1-8(17(3)16)6-14-11(15)9-4-5-10(12-2)13-7-9/h4-5,7-8H,6H2,1-3H3,(H,12,13)(H,14,15). The van der Waals surface area contributed by atoms with Crippen molar-refractivity contribution in [1.82, 2.24) is 10.3 Å². The Kier molecular flexibility index (Phi) is 5.09. The molecular weight excluding hydrogens is 238 g/mol. The first-order chi connectivity index (χ1) is 8.04. The predicted molar refractivity (Wildman–Crippen MR) is 69.6 cm³/mol. The van der Waals surface area contributed by atoms with Crippen LogP contribution in [-0.4, -0.2) is 40.2 Å². The molecule has 0 fully saturated rings. The van der Waals surface area contributed by atoms with Crippen molar-refractivity contribution in [2.24, 2.45) is 0 Å². The highest BCUT2D eigenvalue weighted by atomic mass is 32.2. The lowest BCUT2D eigenvalue weighted by Gasteiger charge is -2.09. The zero-order valence-electron chi connectivity index (χ0n) is 10.2. The Bertz CT molecular complexity index is 406. The van der Waals surface area contributed by atoms with Gasteiger partial charge in [-0.2, -0.15) is 0 Å². The first kappa shape index (κ1) is 13.6. The third kappa shape index (κ3) is 4.14. The minimum Gasteiger partial charge on any atom is -0.373 e. The van der Waals surface area contributed by atoms with Crippen LogP contribution in [0, 0.1) is 0 Å². The van der Waals surface area contributed by atoms with Crippen LogP contribution in [0.4, 0.5) is 5.82 Å². The fourth-order valence-corrected chi connectivity index (χ4v) is 1.45. The third-order valence-electron chi connectivity index (χ3n) is 2.40. The Balaban J connectivity index is 2.55. The van der Waals surface area contributed by atoms with Gasteiger partial charge in [0.1, 0.15) is 5.82 Å². The van der Waals surface area contributed by atoms with Crippen molar-refractivity contribution in [3.05, 3.63) is 23.9 Å². The molecule has 2 atom stereocenters. The SMILES string of the molecule is CNc1ccc(C(=O)NCC(C)S(C)=O)cn1. The van der Waals surface area contributed by atoms with Crippen molar-refractivity contribution in [3.8, 4) is 0 Å². The van der Waals surface area contributed by atoms with E-state index in [0.717, 1.165) is 0 Å². The molecule has 0 aliphatic carbocycles. The number of aromatic nitrogens is 1. The predicted octanol–water partition coefficient (Wildman–Crippen LogP) is 0.620. The van der Waals surface area contributed by atoms with Crippen LogP contribution in [0.15, 0.2) is 18.3 Å². The lowest BCUT2D eigenvalue weighted by molar-refractivity contribution is 0.0954. The summed E-state index contributed by atoms with van der Waals surface area (Å²) in [6.45, 7) is 2.23. The molecule has 1 heterocycles. The first-order valence-corrected chi connectivity index (χ1v) is 6.91. The van der Waals surface area contributed by atoms with E-state index in [1.807, 2.05) is 6.92 Å². The molecule has 2 unspecified atom stereocenters. The quantitative estimate of drug-likeness (QED) is 0.809. The lowest BCUT2D eigenvalue weighted by atomic mass is 10.2. The number of hydrogen-bond acceptors (Lipinski definition) is 4. The molecule has 0 saturated heterocycles. The van der Waals surface area contributed by atoms with Gasteiger partial charge in [0.05, 0.1) is 5.56 Å². The number of amides is 1. The van der Waals surface area contributed by atoms with E-state index < -0.39 is 10.8 Å². The van der Waals surface area contributed by atoms with Gasteiger partial charge in [-0.15, -0.1) is 0 Å². The number of carbonyl (C=O) groups is 1. The molecule has 94 valence electrons. The second kappa shape index (κ2) is 6.34. The van der Waals surface area contributed by atoms with Crippen molar-refractivity contribution in [3.63, 3.8) is 0 Å². The van der Waals surface area contributed by atoms with Gasteiger partial charge in [-0.05, 0) is 19.1 Å². The molecule has 2 N–H and O–H groups in total. The van der Waals surface area contributed by atoms with Gasteiger partial charge in [0.2, 0.25) is 0 Å². The van der Waals surface area contributed by atoms with Crippen molar-refractivity contribution in [2.75, 3.05) is 25.2 Å². The number of nitrogens with zero attached hydrogens (tertiary/aromatic N) is 1. The summed E-state index contributed by atoms with van der Waals surface area (Å²) in [5.74, 6) is 0.516. The van der Waals surface area contributed by atoms with Crippen molar-refractivity contribution < 1.29 is 9.00 Å². The molecule has 0 aromatic carbocycles. The zero-order valence-corrected chi connectivity index (χ0v) is 11.0. The maximum atomic E-state index is 11.7. The monoisotopic (exact) mass is 255 g/mol. The smallest absolute Gasteiger partial charge is 0.252 e. The van der Waals surface area contributed by atoms with Crippen LogP contribution in [-0.2, 0) is 10.8 Å². The fraction of sp³-hybridized carbons (Fsp3) is 0.455. The molecule has 5 nitrogen and oxygen atoms in total. The Morgan fingerprint density at radius 2 is 2.24 bits per heavy atom. The lowest BCUT2D eigenvalue weighted by Crippen LogP contribution is -2.32. The summed E-state index contributed by atoms with van der Waals surface area (Å²) in [6, 6.07) is 3.43. The Morgan fingerprint density at radius 3 is 2.71 bits per heavy atom. The Labute approximate surface area is 103 Å². The van der Waals surface area contributed by atoms with E-state index in [0.29, 0.717) is 17.9 Å². The van der Waals surface area contributed by atoms with Gasteiger partial charge in [0.25, 0.3) is 5.91 Å². The maximum Gasteiger partial charge on any atom is 0.252 e. The second-order valence-corrected chi connectivity index (χ2v) is 5.50. The molecule has 1 aromatic heterocycles. The van der Waals surface area contributed by atoms with Crippen molar-refractivity contribution in [1.29, 1.82) is 0 Å². The number of rotatable bonds is 5. The molecule has 0 saturated carbocycles. The zero-order chi connectivity index (χ0) is 12.8. The second-order valence-electron chi connectivity index (χ2n) is 3.70. The van der Waals surface area contributed by atoms with Crippen LogP contribution in [0.5, 0.6) is 0 Å². The maximum absolute atomic E-state index is 11.7. The van der Waals surface area contributed by atoms with Gasteiger partial charge in [-0.25, -0.2) is 4.98 Å². The van der Waals surface area contributed by atoms with Crippen LogP contribution >= 0.6 is 0 Å². The van der Waals surface area contributed by atoms with Gasteiger partial charge in [0.15, 0.2) is 0 Å². The van der Waals surface area contributed by atoms with Gasteiger partial charge < -0.3 is 10.6 Å². The van der Waals surface area contributed by atoms with Gasteiger partial charge in [0, 0.05) is 42.1 Å². The molecule has 1 amide bonds. The average molecular weight is 255 g/mol. The largest absolute Gasteiger partial charge is 0.373 e. The Morgan fingerprint density at radius 1 is 1.53 bits per heavy atom. The van der Waals surface area contributed by atoms with E-state index in [-0.39, 0.29) is 11.2 Å². The summed E-state index contributed by atoms with van der Waals surface area (Å²) < 4.78 is 11.1.